The van der Waals surface area contributed by atoms with Crippen molar-refractivity contribution in [1.29, 1.82) is 0 Å². The lowest BCUT2D eigenvalue weighted by Gasteiger charge is -2.42. The summed E-state index contributed by atoms with van der Waals surface area (Å²) in [4.78, 5) is 0. The first-order valence-corrected chi connectivity index (χ1v) is 10.6. The first kappa shape index (κ1) is 14.9. The van der Waals surface area contributed by atoms with Crippen molar-refractivity contribution in [2.45, 2.75) is 64.0 Å². The quantitative estimate of drug-likeness (QED) is 0.432. The van der Waals surface area contributed by atoms with Gasteiger partial charge in [0.05, 0.1) is 12.2 Å². The smallest absolute Gasteiger partial charge is 0.192 e. The van der Waals surface area contributed by atoms with E-state index in [9.17, 15) is 0 Å². The van der Waals surface area contributed by atoms with Gasteiger partial charge in [-0.2, -0.15) is 0 Å². The highest BCUT2D eigenvalue weighted by molar-refractivity contribution is 14.1. The lowest BCUT2D eigenvalue weighted by atomic mass is 10.1. The van der Waals surface area contributed by atoms with Crippen LogP contribution in [0.2, 0.25) is 18.1 Å². The van der Waals surface area contributed by atoms with Crippen LogP contribution in [-0.4, -0.2) is 31.6 Å². The number of halogens is 1. The zero-order valence-electron chi connectivity index (χ0n) is 11.2. The van der Waals surface area contributed by atoms with Crippen LogP contribution in [0.5, 0.6) is 0 Å². The molecule has 0 aromatic heterocycles. The number of hydrogen-bond donors (Lipinski definition) is 0. The largest absolute Gasteiger partial charge is 0.411 e. The molecule has 2 atom stereocenters. The maximum atomic E-state index is 6.46. The van der Waals surface area contributed by atoms with Crippen LogP contribution in [0.1, 0.15) is 33.6 Å². The summed E-state index contributed by atoms with van der Waals surface area (Å²) < 4.78 is 13.3. The summed E-state index contributed by atoms with van der Waals surface area (Å²) in [6.45, 7) is 12.4. The molecule has 0 radical (unpaired) electrons. The summed E-state index contributed by atoms with van der Waals surface area (Å²) in [6, 6.07) is 0. The van der Waals surface area contributed by atoms with E-state index in [0.29, 0.717) is 17.2 Å². The van der Waals surface area contributed by atoms with Crippen LogP contribution in [-0.2, 0) is 9.16 Å². The summed E-state index contributed by atoms with van der Waals surface area (Å²) in [6.07, 6.45) is 2.95. The van der Waals surface area contributed by atoms with Crippen LogP contribution in [0.3, 0.4) is 0 Å². The molecule has 0 aromatic carbocycles. The van der Waals surface area contributed by atoms with Gasteiger partial charge in [0.15, 0.2) is 8.32 Å². The van der Waals surface area contributed by atoms with Gasteiger partial charge in [0, 0.05) is 11.0 Å². The highest BCUT2D eigenvalue weighted by Crippen LogP contribution is 2.38. The Morgan fingerprint density at radius 3 is 2.50 bits per heavy atom. The monoisotopic (exact) mass is 356 g/mol. The van der Waals surface area contributed by atoms with Crippen LogP contribution in [0.15, 0.2) is 0 Å². The minimum Gasteiger partial charge on any atom is -0.411 e. The van der Waals surface area contributed by atoms with Gasteiger partial charge in [-0.15, -0.1) is 0 Å². The molecular weight excluding hydrogens is 331 g/mol. The van der Waals surface area contributed by atoms with Crippen LogP contribution in [0, 0.1) is 0 Å². The molecule has 0 amide bonds. The van der Waals surface area contributed by atoms with Crippen molar-refractivity contribution in [3.05, 3.63) is 0 Å². The highest BCUT2D eigenvalue weighted by Gasteiger charge is 2.41. The molecule has 0 spiro atoms. The molecule has 1 saturated heterocycles. The molecule has 1 fully saturated rings. The van der Waals surface area contributed by atoms with E-state index in [-0.39, 0.29) is 0 Å². The van der Waals surface area contributed by atoms with Crippen LogP contribution < -0.4 is 0 Å². The fraction of sp³-hybridized carbons (Fsp3) is 1.00. The van der Waals surface area contributed by atoms with Crippen molar-refractivity contribution >= 4 is 30.9 Å². The Bertz CT molecular complexity index is 226. The topological polar surface area (TPSA) is 18.5 Å². The van der Waals surface area contributed by atoms with Gasteiger partial charge in [-0.1, -0.05) is 43.4 Å². The molecule has 1 aliphatic rings. The van der Waals surface area contributed by atoms with Crippen LogP contribution >= 0.6 is 22.6 Å². The zero-order valence-corrected chi connectivity index (χ0v) is 14.3. The average molecular weight is 356 g/mol. The Balaban J connectivity index is 2.64. The molecule has 0 bridgehead atoms. The summed E-state index contributed by atoms with van der Waals surface area (Å²) in [5.74, 6) is 0. The second-order valence-electron chi connectivity index (χ2n) is 6.12. The lowest BCUT2D eigenvalue weighted by Crippen LogP contribution is -2.49. The summed E-state index contributed by atoms with van der Waals surface area (Å²) in [7, 11) is -1.63. The molecule has 0 saturated carbocycles. The predicted molar refractivity (Wildman–Crippen MR) is 79.9 cm³/mol. The Labute approximate surface area is 115 Å². The highest BCUT2D eigenvalue weighted by atomic mass is 127. The third-order valence-corrected chi connectivity index (χ3v) is 9.16. The fourth-order valence-electron chi connectivity index (χ4n) is 1.65. The Morgan fingerprint density at radius 2 is 2.00 bits per heavy atom. The van der Waals surface area contributed by atoms with E-state index >= 15 is 0 Å². The van der Waals surface area contributed by atoms with E-state index in [0.717, 1.165) is 17.5 Å². The van der Waals surface area contributed by atoms with Gasteiger partial charge >= 0.3 is 0 Å². The van der Waals surface area contributed by atoms with Gasteiger partial charge < -0.3 is 9.16 Å². The van der Waals surface area contributed by atoms with E-state index in [1.807, 2.05) is 0 Å². The summed E-state index contributed by atoms with van der Waals surface area (Å²) in [5, 5.41) is 0.292. The van der Waals surface area contributed by atoms with Crippen molar-refractivity contribution in [2.24, 2.45) is 0 Å². The van der Waals surface area contributed by atoms with Gasteiger partial charge in [0.1, 0.15) is 0 Å². The molecule has 1 rings (SSSR count). The van der Waals surface area contributed by atoms with Gasteiger partial charge in [0.2, 0.25) is 0 Å². The number of ether oxygens (including phenoxy) is 1. The first-order chi connectivity index (χ1) is 7.28. The molecule has 96 valence electrons. The number of hydrogen-bond acceptors (Lipinski definition) is 2. The van der Waals surface area contributed by atoms with Crippen LogP contribution in [0.25, 0.3) is 0 Å². The Hall–Kier alpha value is 0.867. The van der Waals surface area contributed by atoms with E-state index in [4.69, 9.17) is 9.16 Å². The maximum Gasteiger partial charge on any atom is 0.192 e. The molecular formula is C12H25IO2Si. The van der Waals surface area contributed by atoms with Gasteiger partial charge in [-0.25, -0.2) is 0 Å². The molecule has 2 nitrogen and oxygen atoms in total. The molecule has 1 aliphatic heterocycles. The molecule has 1 heterocycles. The van der Waals surface area contributed by atoms with Crippen molar-refractivity contribution < 1.29 is 9.16 Å². The Morgan fingerprint density at radius 1 is 1.38 bits per heavy atom. The lowest BCUT2D eigenvalue weighted by molar-refractivity contribution is -0.0532. The Kier molecular flexibility index (Phi) is 5.29. The standard InChI is InChI=1S/C12H25IO2Si/c1-12(2,3)16(4,5)15-10-7-6-8-14-11(10)9-13/h10-11H,6-9H2,1-5H3/t10-,11+/m0/s1. The van der Waals surface area contributed by atoms with Gasteiger partial charge in [-0.3, -0.25) is 0 Å². The number of alkyl halides is 1. The first-order valence-electron chi connectivity index (χ1n) is 6.13. The van der Waals surface area contributed by atoms with Crippen molar-refractivity contribution in [3.63, 3.8) is 0 Å². The average Bonchev–Trinajstić information content (AvgIpc) is 2.16. The second kappa shape index (κ2) is 5.67. The second-order valence-corrected chi connectivity index (χ2v) is 11.8. The third kappa shape index (κ3) is 3.68. The predicted octanol–water partition coefficient (Wildman–Crippen LogP) is 3.99. The minimum absolute atomic E-state index is 0.292. The van der Waals surface area contributed by atoms with Gasteiger partial charge in [-0.05, 0) is 31.0 Å². The van der Waals surface area contributed by atoms with Crippen molar-refractivity contribution in [3.8, 4) is 0 Å². The van der Waals surface area contributed by atoms with Crippen LogP contribution in [0.4, 0.5) is 0 Å². The molecule has 16 heavy (non-hydrogen) atoms. The van der Waals surface area contributed by atoms with E-state index in [2.05, 4.69) is 56.5 Å². The van der Waals surface area contributed by atoms with Crippen molar-refractivity contribution in [1.82, 2.24) is 0 Å². The molecule has 0 N–H and O–H groups in total. The minimum atomic E-state index is -1.63. The van der Waals surface area contributed by atoms with Gasteiger partial charge in [0.25, 0.3) is 0 Å². The van der Waals surface area contributed by atoms with Crippen molar-refractivity contribution in [2.75, 3.05) is 11.0 Å². The fourth-order valence-corrected chi connectivity index (χ4v) is 3.85. The zero-order chi connectivity index (χ0) is 12.4. The molecule has 0 aromatic rings. The molecule has 0 aliphatic carbocycles. The maximum absolute atomic E-state index is 6.46. The van der Waals surface area contributed by atoms with E-state index in [1.54, 1.807) is 0 Å². The normalized spacial score (nSPS) is 28.1. The SMILES string of the molecule is CC(C)(C)[Si](C)(C)O[C@H]1CCCO[C@@H]1CI. The molecule has 0 unspecified atom stereocenters. The molecule has 4 heteroatoms. The van der Waals surface area contributed by atoms with E-state index < -0.39 is 8.32 Å². The van der Waals surface area contributed by atoms with E-state index in [1.165, 1.54) is 6.42 Å². The third-order valence-electron chi connectivity index (χ3n) is 3.78. The summed E-state index contributed by atoms with van der Waals surface area (Å²) >= 11 is 2.40. The summed E-state index contributed by atoms with van der Waals surface area (Å²) in [5.41, 5.74) is 0. The number of rotatable bonds is 3.